The second-order valence-electron chi connectivity index (χ2n) is 4.72. The van der Waals surface area contributed by atoms with Gasteiger partial charge in [0.15, 0.2) is 0 Å². The third kappa shape index (κ3) is 4.77. The average molecular weight is 241 g/mol. The van der Waals surface area contributed by atoms with Gasteiger partial charge in [0.05, 0.1) is 0 Å². The van der Waals surface area contributed by atoms with Crippen molar-refractivity contribution in [2.75, 3.05) is 0 Å². The third-order valence-corrected chi connectivity index (χ3v) is 2.80. The molecule has 16 heavy (non-hydrogen) atoms. The van der Waals surface area contributed by atoms with Gasteiger partial charge in [-0.2, -0.15) is 0 Å². The van der Waals surface area contributed by atoms with Gasteiger partial charge in [-0.25, -0.2) is 0 Å². The van der Waals surface area contributed by atoms with E-state index in [0.717, 1.165) is 0 Å². The summed E-state index contributed by atoms with van der Waals surface area (Å²) in [6, 6.07) is 3.76. The summed E-state index contributed by atoms with van der Waals surface area (Å²) in [5, 5.41) is 5.17. The fourth-order valence-corrected chi connectivity index (χ4v) is 1.80. The number of hydrogen-bond donors (Lipinski definition) is 1. The molecule has 90 valence electrons. The number of thiophene rings is 1. The van der Waals surface area contributed by atoms with E-state index in [1.54, 1.807) is 11.3 Å². The molecule has 4 heteroatoms. The van der Waals surface area contributed by atoms with Gasteiger partial charge in [0.1, 0.15) is 11.6 Å². The van der Waals surface area contributed by atoms with Crippen molar-refractivity contribution in [3.8, 4) is 0 Å². The molecule has 1 atom stereocenters. The highest BCUT2D eigenvalue weighted by atomic mass is 32.1. The Bertz CT molecular complexity index is 327. The number of rotatable bonds is 4. The second-order valence-corrected chi connectivity index (χ2v) is 5.75. The summed E-state index contributed by atoms with van der Waals surface area (Å²) in [7, 11) is 0. The van der Waals surface area contributed by atoms with Gasteiger partial charge in [0, 0.05) is 11.4 Å². The Kier molecular flexibility index (Phi) is 4.50. The van der Waals surface area contributed by atoms with Crippen LogP contribution in [0.1, 0.15) is 32.6 Å². The van der Waals surface area contributed by atoms with E-state index in [1.165, 1.54) is 4.88 Å². The zero-order valence-corrected chi connectivity index (χ0v) is 11.1. The molecule has 1 heterocycles. The van der Waals surface area contributed by atoms with Crippen molar-refractivity contribution in [1.82, 2.24) is 5.32 Å². The molecule has 0 radical (unpaired) electrons. The maximum absolute atomic E-state index is 11.6. The zero-order chi connectivity index (χ0) is 12.2. The van der Waals surface area contributed by atoms with Crippen molar-refractivity contribution in [2.24, 2.45) is 0 Å². The van der Waals surface area contributed by atoms with Crippen LogP contribution in [0.5, 0.6) is 0 Å². The maximum atomic E-state index is 11.6. The molecule has 1 rings (SSSR count). The Labute approximate surface area is 101 Å². The molecule has 1 N–H and O–H groups in total. The molecule has 0 aliphatic heterocycles. The molecule has 1 aromatic heterocycles. The van der Waals surface area contributed by atoms with Gasteiger partial charge in [-0.3, -0.25) is 10.1 Å². The lowest BCUT2D eigenvalue weighted by molar-refractivity contribution is -0.157. The number of ether oxygens (including phenoxy) is 1. The van der Waals surface area contributed by atoms with E-state index < -0.39 is 5.60 Å². The van der Waals surface area contributed by atoms with E-state index >= 15 is 0 Å². The summed E-state index contributed by atoms with van der Waals surface area (Å²) < 4.78 is 5.27. The summed E-state index contributed by atoms with van der Waals surface area (Å²) in [5.74, 6) is -0.205. The van der Waals surface area contributed by atoms with Crippen LogP contribution < -0.4 is 5.32 Å². The molecule has 0 saturated heterocycles. The molecular formula is C12H19NO2S. The minimum Gasteiger partial charge on any atom is -0.459 e. The van der Waals surface area contributed by atoms with Gasteiger partial charge < -0.3 is 4.74 Å². The number of esters is 1. The van der Waals surface area contributed by atoms with E-state index in [9.17, 15) is 4.79 Å². The molecule has 0 saturated carbocycles. The van der Waals surface area contributed by atoms with Crippen molar-refractivity contribution in [3.63, 3.8) is 0 Å². The Morgan fingerprint density at radius 2 is 2.25 bits per heavy atom. The number of nitrogens with one attached hydrogen (secondary N) is 1. The van der Waals surface area contributed by atoms with Crippen LogP contribution in [0.3, 0.4) is 0 Å². The number of carbonyl (C=O) groups excluding carboxylic acids is 1. The van der Waals surface area contributed by atoms with Crippen molar-refractivity contribution in [1.29, 1.82) is 0 Å². The Morgan fingerprint density at radius 3 is 2.75 bits per heavy atom. The molecule has 0 amide bonds. The Balaban J connectivity index is 2.35. The SMILES string of the molecule is CC(NCc1cccs1)C(=O)OC(C)(C)C. The highest BCUT2D eigenvalue weighted by Crippen LogP contribution is 2.10. The van der Waals surface area contributed by atoms with Crippen LogP contribution in [0, 0.1) is 0 Å². The Morgan fingerprint density at radius 1 is 1.56 bits per heavy atom. The first-order valence-electron chi connectivity index (χ1n) is 5.37. The first-order chi connectivity index (χ1) is 7.38. The summed E-state index contributed by atoms with van der Waals surface area (Å²) in [5.41, 5.74) is -0.421. The van der Waals surface area contributed by atoms with Crippen LogP contribution in [0.15, 0.2) is 17.5 Å². The van der Waals surface area contributed by atoms with Crippen molar-refractivity contribution < 1.29 is 9.53 Å². The molecule has 0 aliphatic carbocycles. The summed E-state index contributed by atoms with van der Waals surface area (Å²) in [6.45, 7) is 8.14. The first kappa shape index (κ1) is 13.2. The lowest BCUT2D eigenvalue weighted by Crippen LogP contribution is -2.38. The third-order valence-electron chi connectivity index (χ3n) is 1.92. The van der Waals surface area contributed by atoms with Gasteiger partial charge in [-0.15, -0.1) is 11.3 Å². The lowest BCUT2D eigenvalue weighted by Gasteiger charge is -2.22. The highest BCUT2D eigenvalue weighted by Gasteiger charge is 2.21. The zero-order valence-electron chi connectivity index (χ0n) is 10.2. The minimum absolute atomic E-state index is 0.205. The van der Waals surface area contributed by atoms with Crippen LogP contribution in [0.4, 0.5) is 0 Å². The summed E-state index contributed by atoms with van der Waals surface area (Å²) >= 11 is 1.68. The molecule has 0 fully saturated rings. The van der Waals surface area contributed by atoms with E-state index in [-0.39, 0.29) is 12.0 Å². The maximum Gasteiger partial charge on any atom is 0.323 e. The van der Waals surface area contributed by atoms with Crippen LogP contribution in [0.25, 0.3) is 0 Å². The van der Waals surface area contributed by atoms with E-state index in [0.29, 0.717) is 6.54 Å². The molecule has 0 aromatic carbocycles. The van der Waals surface area contributed by atoms with Gasteiger partial charge in [-0.1, -0.05) is 6.07 Å². The van der Waals surface area contributed by atoms with Crippen LogP contribution in [-0.2, 0) is 16.1 Å². The minimum atomic E-state index is -0.421. The molecule has 3 nitrogen and oxygen atoms in total. The molecule has 1 aromatic rings. The fourth-order valence-electron chi connectivity index (χ4n) is 1.14. The molecular weight excluding hydrogens is 222 g/mol. The topological polar surface area (TPSA) is 38.3 Å². The monoisotopic (exact) mass is 241 g/mol. The van der Waals surface area contributed by atoms with Gasteiger partial charge in [0.25, 0.3) is 0 Å². The van der Waals surface area contributed by atoms with E-state index in [2.05, 4.69) is 5.32 Å². The van der Waals surface area contributed by atoms with Crippen LogP contribution in [0.2, 0.25) is 0 Å². The molecule has 0 spiro atoms. The van der Waals surface area contributed by atoms with Gasteiger partial charge in [-0.05, 0) is 39.1 Å². The number of carbonyl (C=O) groups is 1. The summed E-state index contributed by atoms with van der Waals surface area (Å²) in [6.07, 6.45) is 0. The van der Waals surface area contributed by atoms with Crippen molar-refractivity contribution in [3.05, 3.63) is 22.4 Å². The normalized spacial score (nSPS) is 13.5. The highest BCUT2D eigenvalue weighted by molar-refractivity contribution is 7.09. The largest absolute Gasteiger partial charge is 0.459 e. The molecule has 1 unspecified atom stereocenters. The fraction of sp³-hybridized carbons (Fsp3) is 0.583. The molecule has 0 aliphatic rings. The van der Waals surface area contributed by atoms with Crippen LogP contribution >= 0.6 is 11.3 Å². The van der Waals surface area contributed by atoms with Crippen molar-refractivity contribution >= 4 is 17.3 Å². The summed E-state index contributed by atoms with van der Waals surface area (Å²) in [4.78, 5) is 12.9. The van der Waals surface area contributed by atoms with Crippen LogP contribution in [-0.4, -0.2) is 17.6 Å². The first-order valence-corrected chi connectivity index (χ1v) is 6.25. The average Bonchev–Trinajstić information content (AvgIpc) is 2.63. The van der Waals surface area contributed by atoms with E-state index in [4.69, 9.17) is 4.74 Å². The van der Waals surface area contributed by atoms with Crippen molar-refractivity contribution in [2.45, 2.75) is 45.9 Å². The lowest BCUT2D eigenvalue weighted by atomic mass is 10.2. The second kappa shape index (κ2) is 5.46. The predicted molar refractivity (Wildman–Crippen MR) is 66.5 cm³/mol. The Hall–Kier alpha value is -0.870. The smallest absolute Gasteiger partial charge is 0.323 e. The number of hydrogen-bond acceptors (Lipinski definition) is 4. The quantitative estimate of drug-likeness (QED) is 0.823. The van der Waals surface area contributed by atoms with Gasteiger partial charge >= 0.3 is 5.97 Å². The van der Waals surface area contributed by atoms with E-state index in [1.807, 2.05) is 45.2 Å². The standard InChI is InChI=1S/C12H19NO2S/c1-9(11(14)15-12(2,3)4)13-8-10-6-5-7-16-10/h5-7,9,13H,8H2,1-4H3. The van der Waals surface area contributed by atoms with Gasteiger partial charge in [0.2, 0.25) is 0 Å². The predicted octanol–water partition coefficient (Wildman–Crippen LogP) is 2.57. The molecule has 0 bridgehead atoms.